The number of nitrogens with zero attached hydrogens (tertiary/aromatic N) is 2. The zero-order valence-electron chi connectivity index (χ0n) is 20.6. The summed E-state index contributed by atoms with van der Waals surface area (Å²) in [4.78, 5) is 29.0. The molecule has 38 heavy (non-hydrogen) atoms. The minimum atomic E-state index is -4.21. The monoisotopic (exact) mass is 573 g/mol. The van der Waals surface area contributed by atoms with E-state index in [0.29, 0.717) is 4.91 Å². The van der Waals surface area contributed by atoms with Gasteiger partial charge in [-0.15, -0.1) is 0 Å². The zero-order chi connectivity index (χ0) is 26.9. The zero-order valence-corrected chi connectivity index (χ0v) is 23.1. The summed E-state index contributed by atoms with van der Waals surface area (Å²) in [5, 5.41) is 0. The molecule has 7 nitrogen and oxygen atoms in total. The normalized spacial score (nSPS) is 23.0. The van der Waals surface area contributed by atoms with Gasteiger partial charge in [-0.2, -0.15) is 0 Å². The van der Waals surface area contributed by atoms with Crippen molar-refractivity contribution in [2.45, 2.75) is 37.0 Å². The van der Waals surface area contributed by atoms with Crippen LogP contribution in [0.2, 0.25) is 0 Å². The van der Waals surface area contributed by atoms with Crippen LogP contribution in [0, 0.1) is 17.7 Å². The Morgan fingerprint density at radius 3 is 2.45 bits per heavy atom. The molecule has 200 valence electrons. The third-order valence-electron chi connectivity index (χ3n) is 7.39. The van der Waals surface area contributed by atoms with Crippen molar-refractivity contribution >= 4 is 61.9 Å². The predicted octanol–water partition coefficient (Wildman–Crippen LogP) is 4.55. The summed E-state index contributed by atoms with van der Waals surface area (Å²) in [7, 11) is -4.21. The van der Waals surface area contributed by atoms with Gasteiger partial charge in [-0.1, -0.05) is 55.4 Å². The van der Waals surface area contributed by atoms with E-state index < -0.39 is 34.2 Å². The maximum Gasteiger partial charge on any atom is 0.266 e. The molecular formula is C27H28FN3O4S3. The van der Waals surface area contributed by atoms with Gasteiger partial charge in [0.1, 0.15) is 16.7 Å². The van der Waals surface area contributed by atoms with E-state index >= 15 is 0 Å². The van der Waals surface area contributed by atoms with Crippen LogP contribution in [-0.4, -0.2) is 49.1 Å². The molecule has 0 unspecified atom stereocenters. The Hall–Kier alpha value is -2.76. The number of nitrogens with one attached hydrogen (secondary N) is 1. The fourth-order valence-corrected chi connectivity index (χ4v) is 7.63. The van der Waals surface area contributed by atoms with Crippen LogP contribution < -0.4 is 9.62 Å². The van der Waals surface area contributed by atoms with Crippen LogP contribution in [0.15, 0.2) is 58.3 Å². The van der Waals surface area contributed by atoms with Gasteiger partial charge in [0.25, 0.3) is 21.8 Å². The fourth-order valence-electron chi connectivity index (χ4n) is 5.40. The standard InChI is InChI=1S/C27H28FN3O4S3/c28-21-7-11-23(12-8-21)38(34,35)29-25(32)17-31-26(33)24(37-27(31)36)15-18-5-9-22(10-6-18)30-14-13-19-3-1-2-4-20(19)16-30/h5-12,15,19-20H,1-4,13-14,16-17H2,(H,29,32)/t19-,20-/m0/s1. The summed E-state index contributed by atoms with van der Waals surface area (Å²) >= 11 is 6.35. The number of carbonyl (C=O) groups excluding carboxylic acids is 2. The number of amides is 2. The molecule has 2 saturated heterocycles. The van der Waals surface area contributed by atoms with Crippen LogP contribution in [-0.2, 0) is 19.6 Å². The van der Waals surface area contributed by atoms with E-state index in [-0.39, 0.29) is 9.22 Å². The van der Waals surface area contributed by atoms with Crippen molar-refractivity contribution in [1.82, 2.24) is 9.62 Å². The Balaban J connectivity index is 1.20. The average Bonchev–Trinajstić information content (AvgIpc) is 3.16. The largest absolute Gasteiger partial charge is 0.371 e. The predicted molar refractivity (Wildman–Crippen MR) is 150 cm³/mol. The number of thiocarbonyl (C=S) groups is 1. The average molecular weight is 574 g/mol. The Bertz CT molecular complexity index is 1380. The second-order valence-corrected chi connectivity index (χ2v) is 13.2. The first-order valence-corrected chi connectivity index (χ1v) is 15.3. The van der Waals surface area contributed by atoms with Crippen LogP contribution in [0.25, 0.3) is 6.08 Å². The van der Waals surface area contributed by atoms with E-state index in [1.807, 2.05) is 16.9 Å². The lowest BCUT2D eigenvalue weighted by molar-refractivity contribution is -0.127. The maximum absolute atomic E-state index is 13.1. The number of anilines is 1. The number of hydrogen-bond donors (Lipinski definition) is 1. The van der Waals surface area contributed by atoms with E-state index in [1.165, 1.54) is 37.8 Å². The van der Waals surface area contributed by atoms with Gasteiger partial charge in [0.05, 0.1) is 9.80 Å². The van der Waals surface area contributed by atoms with Crippen molar-refractivity contribution in [2.75, 3.05) is 24.5 Å². The Labute approximate surface area is 231 Å². The topological polar surface area (TPSA) is 86.8 Å². The lowest BCUT2D eigenvalue weighted by Crippen LogP contribution is -2.41. The molecule has 0 spiro atoms. The summed E-state index contributed by atoms with van der Waals surface area (Å²) < 4.78 is 40.0. The van der Waals surface area contributed by atoms with Crippen LogP contribution in [0.3, 0.4) is 0 Å². The maximum atomic E-state index is 13.1. The van der Waals surface area contributed by atoms with Crippen molar-refractivity contribution < 1.29 is 22.4 Å². The van der Waals surface area contributed by atoms with Gasteiger partial charge < -0.3 is 4.90 Å². The summed E-state index contributed by atoms with van der Waals surface area (Å²) in [6.07, 6.45) is 8.34. The molecule has 0 radical (unpaired) electrons. The minimum Gasteiger partial charge on any atom is -0.371 e. The van der Waals surface area contributed by atoms with E-state index in [2.05, 4.69) is 17.0 Å². The Morgan fingerprint density at radius 2 is 1.74 bits per heavy atom. The van der Waals surface area contributed by atoms with Gasteiger partial charge in [-0.05, 0) is 72.7 Å². The Morgan fingerprint density at radius 1 is 1.05 bits per heavy atom. The first-order valence-electron chi connectivity index (χ1n) is 12.6. The van der Waals surface area contributed by atoms with Gasteiger partial charge in [0, 0.05) is 18.8 Å². The lowest BCUT2D eigenvalue weighted by atomic mass is 9.75. The molecule has 2 aliphatic heterocycles. The molecule has 5 rings (SSSR count). The molecule has 0 bridgehead atoms. The third-order valence-corrected chi connectivity index (χ3v) is 10.2. The second-order valence-electron chi connectivity index (χ2n) is 9.88. The molecule has 2 heterocycles. The number of thioether (sulfide) groups is 1. The molecule has 0 aromatic heterocycles. The van der Waals surface area contributed by atoms with Crippen molar-refractivity contribution in [2.24, 2.45) is 11.8 Å². The number of piperidine rings is 1. The van der Waals surface area contributed by atoms with Crippen LogP contribution >= 0.6 is 24.0 Å². The van der Waals surface area contributed by atoms with Crippen LogP contribution in [0.1, 0.15) is 37.7 Å². The number of halogens is 1. The number of carbonyl (C=O) groups is 2. The summed E-state index contributed by atoms with van der Waals surface area (Å²) in [6, 6.07) is 12.2. The van der Waals surface area contributed by atoms with Gasteiger partial charge >= 0.3 is 0 Å². The first-order chi connectivity index (χ1) is 18.2. The molecule has 2 aromatic rings. The van der Waals surface area contributed by atoms with Crippen LogP contribution in [0.4, 0.5) is 10.1 Å². The van der Waals surface area contributed by atoms with Gasteiger partial charge in [0.15, 0.2) is 0 Å². The van der Waals surface area contributed by atoms with E-state index in [0.717, 1.165) is 71.4 Å². The smallest absolute Gasteiger partial charge is 0.266 e. The SMILES string of the molecule is O=C(CN1C(=O)C(=Cc2ccc(N3CC[C@@H]4CCCC[C@H]4C3)cc2)SC1=S)NS(=O)(=O)c1ccc(F)cc1. The molecule has 3 aliphatic rings. The summed E-state index contributed by atoms with van der Waals surface area (Å²) in [6.45, 7) is 1.62. The summed E-state index contributed by atoms with van der Waals surface area (Å²) in [5.41, 5.74) is 2.02. The quantitative estimate of drug-likeness (QED) is 0.401. The number of hydrogen-bond acceptors (Lipinski definition) is 7. The van der Waals surface area contributed by atoms with Crippen molar-refractivity contribution in [3.63, 3.8) is 0 Å². The van der Waals surface area contributed by atoms with E-state index in [1.54, 1.807) is 6.08 Å². The van der Waals surface area contributed by atoms with Crippen LogP contribution in [0.5, 0.6) is 0 Å². The molecule has 1 N–H and O–H groups in total. The summed E-state index contributed by atoms with van der Waals surface area (Å²) in [5.74, 6) is -0.331. The fraction of sp³-hybridized carbons (Fsp3) is 0.370. The van der Waals surface area contributed by atoms with Crippen molar-refractivity contribution in [3.8, 4) is 0 Å². The van der Waals surface area contributed by atoms with E-state index in [4.69, 9.17) is 12.2 Å². The van der Waals surface area contributed by atoms with Crippen molar-refractivity contribution in [1.29, 1.82) is 0 Å². The van der Waals surface area contributed by atoms with Crippen molar-refractivity contribution in [3.05, 3.63) is 64.8 Å². The molecule has 1 saturated carbocycles. The lowest BCUT2D eigenvalue weighted by Gasteiger charge is -2.42. The minimum absolute atomic E-state index is 0.169. The van der Waals surface area contributed by atoms with E-state index in [9.17, 15) is 22.4 Å². The number of benzene rings is 2. The third kappa shape index (κ3) is 5.94. The number of sulfonamides is 1. The molecule has 11 heteroatoms. The highest BCUT2D eigenvalue weighted by atomic mass is 32.2. The molecule has 3 fully saturated rings. The number of fused-ring (bicyclic) bond motifs is 1. The molecule has 2 aromatic carbocycles. The first kappa shape index (κ1) is 26.8. The second kappa shape index (κ2) is 11.2. The van der Waals surface area contributed by atoms with Gasteiger partial charge in [-0.3, -0.25) is 14.5 Å². The number of rotatable bonds is 6. The highest BCUT2D eigenvalue weighted by Gasteiger charge is 2.34. The molecule has 2 amide bonds. The highest BCUT2D eigenvalue weighted by molar-refractivity contribution is 8.26. The Kier molecular flexibility index (Phi) is 7.88. The molecule has 1 aliphatic carbocycles. The molecule has 2 atom stereocenters. The highest BCUT2D eigenvalue weighted by Crippen LogP contribution is 2.38. The van der Waals surface area contributed by atoms with Gasteiger partial charge in [0.2, 0.25) is 0 Å². The molecular weight excluding hydrogens is 546 g/mol. The van der Waals surface area contributed by atoms with Gasteiger partial charge in [-0.25, -0.2) is 17.5 Å².